The molecule has 1 aromatic carbocycles. The number of rotatable bonds is 5. The van der Waals surface area contributed by atoms with Crippen molar-refractivity contribution in [3.05, 3.63) is 29.8 Å². The lowest BCUT2D eigenvalue weighted by atomic mass is 9.97. The molecule has 1 aromatic rings. The second-order valence-electron chi connectivity index (χ2n) is 7.47. The highest BCUT2D eigenvalue weighted by Crippen LogP contribution is 2.18. The van der Waals surface area contributed by atoms with E-state index in [1.54, 1.807) is 4.90 Å². The number of aryl methyl sites for hydroxylation is 1. The molecule has 2 aliphatic rings. The van der Waals surface area contributed by atoms with Gasteiger partial charge in [-0.2, -0.15) is 0 Å². The second kappa shape index (κ2) is 9.71. The Bertz CT molecular complexity index is 645. The topological polar surface area (TPSA) is 76.7 Å². The van der Waals surface area contributed by atoms with E-state index < -0.39 is 0 Å². The summed E-state index contributed by atoms with van der Waals surface area (Å²) in [5, 5.41) is 9.33. The first-order chi connectivity index (χ1) is 13.1. The zero-order valence-electron chi connectivity index (χ0n) is 16.2. The molecule has 2 fully saturated rings. The van der Waals surface area contributed by atoms with Crippen LogP contribution in [0.15, 0.2) is 24.3 Å². The van der Waals surface area contributed by atoms with Crippen molar-refractivity contribution in [2.24, 2.45) is 5.92 Å². The number of piperidine rings is 1. The van der Waals surface area contributed by atoms with Gasteiger partial charge in [0, 0.05) is 58.0 Å². The Morgan fingerprint density at radius 1 is 1.22 bits per heavy atom. The highest BCUT2D eigenvalue weighted by Gasteiger charge is 2.28. The summed E-state index contributed by atoms with van der Waals surface area (Å²) in [5.74, 6) is -0.0526. The molecule has 1 unspecified atom stereocenters. The number of nitrogens with zero attached hydrogens (tertiary/aromatic N) is 2. The normalized spacial score (nSPS) is 20.9. The minimum Gasteiger partial charge on any atom is -0.355 e. The molecule has 2 saturated heterocycles. The smallest absolute Gasteiger partial charge is 0.321 e. The Morgan fingerprint density at radius 3 is 2.81 bits per heavy atom. The van der Waals surface area contributed by atoms with E-state index in [0.717, 1.165) is 56.8 Å². The van der Waals surface area contributed by atoms with Gasteiger partial charge in [0.05, 0.1) is 5.92 Å². The van der Waals surface area contributed by atoms with Crippen LogP contribution >= 0.6 is 0 Å². The van der Waals surface area contributed by atoms with Gasteiger partial charge >= 0.3 is 6.03 Å². The summed E-state index contributed by atoms with van der Waals surface area (Å²) < 4.78 is 0. The fourth-order valence-electron chi connectivity index (χ4n) is 3.72. The number of nitrogens with one attached hydrogen (secondary N) is 3. The monoisotopic (exact) mass is 373 g/mol. The Labute approximate surface area is 161 Å². The van der Waals surface area contributed by atoms with Crippen LogP contribution in [0.25, 0.3) is 0 Å². The minimum absolute atomic E-state index is 0.0678. The molecule has 0 spiro atoms. The van der Waals surface area contributed by atoms with Crippen LogP contribution in [0.2, 0.25) is 0 Å². The molecule has 3 N–H and O–H groups in total. The van der Waals surface area contributed by atoms with Gasteiger partial charge in [-0.15, -0.1) is 0 Å². The van der Waals surface area contributed by atoms with E-state index in [4.69, 9.17) is 0 Å². The van der Waals surface area contributed by atoms with Crippen LogP contribution in [0, 0.1) is 12.8 Å². The van der Waals surface area contributed by atoms with Gasteiger partial charge in [-0.25, -0.2) is 4.79 Å². The number of benzene rings is 1. The number of likely N-dealkylation sites (tertiary alicyclic amines) is 1. The molecule has 0 aromatic heterocycles. The average molecular weight is 374 g/mol. The Morgan fingerprint density at radius 2 is 2.04 bits per heavy atom. The molecule has 2 heterocycles. The summed E-state index contributed by atoms with van der Waals surface area (Å²) in [6, 6.07) is 7.63. The van der Waals surface area contributed by atoms with Crippen LogP contribution in [-0.4, -0.2) is 74.1 Å². The van der Waals surface area contributed by atoms with Gasteiger partial charge in [0.15, 0.2) is 0 Å². The third kappa shape index (κ3) is 5.94. The first-order valence-electron chi connectivity index (χ1n) is 9.95. The molecule has 0 radical (unpaired) electrons. The van der Waals surface area contributed by atoms with Crippen LogP contribution < -0.4 is 16.0 Å². The molecule has 7 heteroatoms. The van der Waals surface area contributed by atoms with E-state index in [2.05, 4.69) is 20.9 Å². The predicted octanol–water partition coefficient (Wildman–Crippen LogP) is 1.26. The standard InChI is InChI=1S/C20H31N5O2/c1-16-4-2-6-18(14-16)23-20(27)25-10-3-5-17(15-25)19(26)22-9-13-24-11-7-21-8-12-24/h2,4,6,14,17,21H,3,5,7-13,15H2,1H3,(H,22,26)(H,23,27). The van der Waals surface area contributed by atoms with Crippen molar-refractivity contribution < 1.29 is 9.59 Å². The highest BCUT2D eigenvalue weighted by atomic mass is 16.2. The first kappa shape index (κ1) is 19.6. The lowest BCUT2D eigenvalue weighted by Gasteiger charge is -2.32. The van der Waals surface area contributed by atoms with Gasteiger partial charge in [-0.1, -0.05) is 12.1 Å². The summed E-state index contributed by atoms with van der Waals surface area (Å²) in [7, 11) is 0. The number of urea groups is 1. The Balaban J connectivity index is 1.43. The number of carbonyl (C=O) groups excluding carboxylic acids is 2. The van der Waals surface area contributed by atoms with E-state index in [1.165, 1.54) is 0 Å². The second-order valence-corrected chi connectivity index (χ2v) is 7.47. The van der Waals surface area contributed by atoms with Crippen molar-refractivity contribution in [2.45, 2.75) is 19.8 Å². The van der Waals surface area contributed by atoms with Gasteiger partial charge in [0.25, 0.3) is 0 Å². The SMILES string of the molecule is Cc1cccc(NC(=O)N2CCCC(C(=O)NCCN3CCNCC3)C2)c1. The largest absolute Gasteiger partial charge is 0.355 e. The molecule has 0 aliphatic carbocycles. The van der Waals surface area contributed by atoms with E-state index in [1.807, 2.05) is 31.2 Å². The van der Waals surface area contributed by atoms with Gasteiger partial charge in [0.1, 0.15) is 0 Å². The Kier molecular flexibility index (Phi) is 7.06. The molecule has 0 bridgehead atoms. The number of hydrogen-bond acceptors (Lipinski definition) is 4. The van der Waals surface area contributed by atoms with Gasteiger partial charge < -0.3 is 20.9 Å². The van der Waals surface area contributed by atoms with Crippen LogP contribution in [0.4, 0.5) is 10.5 Å². The predicted molar refractivity (Wildman–Crippen MR) is 107 cm³/mol. The fraction of sp³-hybridized carbons (Fsp3) is 0.600. The molecule has 3 amide bonds. The van der Waals surface area contributed by atoms with Crippen molar-refractivity contribution in [3.8, 4) is 0 Å². The average Bonchev–Trinajstić information content (AvgIpc) is 2.69. The lowest BCUT2D eigenvalue weighted by molar-refractivity contribution is -0.126. The third-order valence-electron chi connectivity index (χ3n) is 5.29. The van der Waals surface area contributed by atoms with E-state index in [-0.39, 0.29) is 17.9 Å². The number of hydrogen-bond donors (Lipinski definition) is 3. The number of anilines is 1. The molecule has 1 atom stereocenters. The summed E-state index contributed by atoms with van der Waals surface area (Å²) in [6.45, 7) is 8.83. The first-order valence-corrected chi connectivity index (χ1v) is 9.95. The Hall–Kier alpha value is -2.12. The third-order valence-corrected chi connectivity index (χ3v) is 5.29. The minimum atomic E-state index is -0.126. The number of carbonyl (C=O) groups is 2. The van der Waals surface area contributed by atoms with Crippen LogP contribution in [0.3, 0.4) is 0 Å². The van der Waals surface area contributed by atoms with Crippen molar-refractivity contribution >= 4 is 17.6 Å². The van der Waals surface area contributed by atoms with Crippen LogP contribution in [-0.2, 0) is 4.79 Å². The highest BCUT2D eigenvalue weighted by molar-refractivity contribution is 5.90. The van der Waals surface area contributed by atoms with E-state index >= 15 is 0 Å². The molecule has 27 heavy (non-hydrogen) atoms. The maximum atomic E-state index is 12.5. The molecule has 148 valence electrons. The van der Waals surface area contributed by atoms with Gasteiger partial charge in [-0.05, 0) is 37.5 Å². The number of amides is 3. The fourth-order valence-corrected chi connectivity index (χ4v) is 3.72. The molecule has 7 nitrogen and oxygen atoms in total. The quantitative estimate of drug-likeness (QED) is 0.726. The summed E-state index contributed by atoms with van der Waals surface area (Å²) in [4.78, 5) is 29.2. The zero-order valence-corrected chi connectivity index (χ0v) is 16.2. The summed E-state index contributed by atoms with van der Waals surface area (Å²) >= 11 is 0. The van der Waals surface area contributed by atoms with Crippen molar-refractivity contribution in [1.82, 2.24) is 20.4 Å². The molecule has 0 saturated carbocycles. The molecular weight excluding hydrogens is 342 g/mol. The zero-order chi connectivity index (χ0) is 19.1. The summed E-state index contributed by atoms with van der Waals surface area (Å²) in [6.07, 6.45) is 1.70. The van der Waals surface area contributed by atoms with E-state index in [9.17, 15) is 9.59 Å². The molecule has 3 rings (SSSR count). The van der Waals surface area contributed by atoms with E-state index in [0.29, 0.717) is 19.6 Å². The van der Waals surface area contributed by atoms with Crippen LogP contribution in [0.5, 0.6) is 0 Å². The maximum Gasteiger partial charge on any atom is 0.321 e. The van der Waals surface area contributed by atoms with Crippen molar-refractivity contribution in [2.75, 3.05) is 57.7 Å². The van der Waals surface area contributed by atoms with Crippen molar-refractivity contribution in [3.63, 3.8) is 0 Å². The van der Waals surface area contributed by atoms with Gasteiger partial charge in [-0.3, -0.25) is 9.69 Å². The number of piperazine rings is 1. The maximum absolute atomic E-state index is 12.5. The molecule has 2 aliphatic heterocycles. The van der Waals surface area contributed by atoms with Crippen LogP contribution in [0.1, 0.15) is 18.4 Å². The van der Waals surface area contributed by atoms with Crippen molar-refractivity contribution in [1.29, 1.82) is 0 Å². The van der Waals surface area contributed by atoms with Gasteiger partial charge in [0.2, 0.25) is 5.91 Å². The lowest BCUT2D eigenvalue weighted by Crippen LogP contribution is -2.49. The molecular formula is C20H31N5O2. The summed E-state index contributed by atoms with van der Waals surface area (Å²) in [5.41, 5.74) is 1.90.